The number of fused-ring (bicyclic) bond motifs is 1. The number of hydrogen-bond acceptors (Lipinski definition) is 2. The highest BCUT2D eigenvalue weighted by atomic mass is 16.2. The van der Waals surface area contributed by atoms with Gasteiger partial charge in [-0.3, -0.25) is 9.69 Å². The lowest BCUT2D eigenvalue weighted by Crippen LogP contribution is -2.44. The lowest BCUT2D eigenvalue weighted by Gasteiger charge is -2.35. The fourth-order valence-corrected chi connectivity index (χ4v) is 5.40. The molecule has 0 N–H and O–H groups in total. The van der Waals surface area contributed by atoms with Crippen LogP contribution in [0.3, 0.4) is 0 Å². The maximum absolute atomic E-state index is 12.9. The van der Waals surface area contributed by atoms with Gasteiger partial charge in [0, 0.05) is 43.3 Å². The molecule has 0 saturated carbocycles. The van der Waals surface area contributed by atoms with Crippen LogP contribution in [0.2, 0.25) is 0 Å². The van der Waals surface area contributed by atoms with Crippen molar-refractivity contribution < 1.29 is 4.79 Å². The molecule has 32 heavy (non-hydrogen) atoms. The van der Waals surface area contributed by atoms with Crippen molar-refractivity contribution >= 4 is 16.8 Å². The smallest absolute Gasteiger partial charge is 0.225 e. The Kier molecular flexibility index (Phi) is 6.31. The number of piperidine rings is 2. The third-order valence-electron chi connectivity index (χ3n) is 7.35. The minimum Gasteiger partial charge on any atom is -0.342 e. The number of hydrogen-bond donors (Lipinski definition) is 0. The summed E-state index contributed by atoms with van der Waals surface area (Å²) in [6, 6.07) is 19.9. The van der Waals surface area contributed by atoms with Gasteiger partial charge in [-0.2, -0.15) is 0 Å². The molecule has 0 spiro atoms. The molecule has 0 radical (unpaired) electrons. The number of carbonyl (C=O) groups is 1. The van der Waals surface area contributed by atoms with Crippen LogP contribution in [0, 0.1) is 12.8 Å². The number of para-hydroxylation sites is 1. The van der Waals surface area contributed by atoms with E-state index in [-0.39, 0.29) is 5.92 Å². The van der Waals surface area contributed by atoms with Crippen molar-refractivity contribution in [2.75, 3.05) is 26.2 Å². The van der Waals surface area contributed by atoms with Crippen LogP contribution in [0.5, 0.6) is 0 Å². The van der Waals surface area contributed by atoms with Crippen LogP contribution in [0.25, 0.3) is 10.9 Å². The van der Waals surface area contributed by atoms with Crippen LogP contribution in [0.4, 0.5) is 0 Å². The molecule has 2 aliphatic heterocycles. The molecule has 168 valence electrons. The summed E-state index contributed by atoms with van der Waals surface area (Å²) in [6.45, 7) is 7.95. The van der Waals surface area contributed by atoms with Crippen molar-refractivity contribution in [3.05, 3.63) is 71.4 Å². The number of amides is 1. The predicted octanol–water partition coefficient (Wildman–Crippen LogP) is 5.22. The van der Waals surface area contributed by atoms with Gasteiger partial charge in [-0.15, -0.1) is 0 Å². The minimum absolute atomic E-state index is 0.225. The van der Waals surface area contributed by atoms with E-state index in [4.69, 9.17) is 0 Å². The Labute approximate surface area is 191 Å². The summed E-state index contributed by atoms with van der Waals surface area (Å²) >= 11 is 0. The molecule has 4 nitrogen and oxygen atoms in total. The Balaban J connectivity index is 1.28. The second-order valence-electron chi connectivity index (χ2n) is 9.70. The molecule has 3 heterocycles. The van der Waals surface area contributed by atoms with E-state index in [2.05, 4.69) is 75.9 Å². The number of nitrogens with zero attached hydrogens (tertiary/aromatic N) is 3. The summed E-state index contributed by atoms with van der Waals surface area (Å²) in [5.74, 6) is 0.639. The number of rotatable bonds is 5. The Bertz CT molecular complexity index is 1050. The monoisotopic (exact) mass is 429 g/mol. The lowest BCUT2D eigenvalue weighted by molar-refractivity contribution is -0.138. The quantitative estimate of drug-likeness (QED) is 0.556. The number of aryl methyl sites for hydroxylation is 1. The average Bonchev–Trinajstić information content (AvgIpc) is 3.18. The van der Waals surface area contributed by atoms with Crippen LogP contribution in [0.15, 0.2) is 54.6 Å². The van der Waals surface area contributed by atoms with Crippen molar-refractivity contribution in [1.29, 1.82) is 0 Å². The topological polar surface area (TPSA) is 28.5 Å². The van der Waals surface area contributed by atoms with Gasteiger partial charge in [0.05, 0.1) is 0 Å². The van der Waals surface area contributed by atoms with E-state index in [1.54, 1.807) is 0 Å². The highest BCUT2D eigenvalue weighted by Gasteiger charge is 2.29. The third-order valence-corrected chi connectivity index (χ3v) is 7.35. The first-order valence-corrected chi connectivity index (χ1v) is 12.3. The van der Waals surface area contributed by atoms with E-state index in [0.717, 1.165) is 52.1 Å². The molecule has 2 aliphatic rings. The van der Waals surface area contributed by atoms with Gasteiger partial charge in [-0.1, -0.05) is 48.0 Å². The number of carbonyl (C=O) groups excluding carboxylic acids is 1. The molecule has 0 aliphatic carbocycles. The largest absolute Gasteiger partial charge is 0.342 e. The maximum atomic E-state index is 12.9. The Morgan fingerprint density at radius 2 is 1.59 bits per heavy atom. The van der Waals surface area contributed by atoms with Gasteiger partial charge in [-0.05, 0) is 75.2 Å². The van der Waals surface area contributed by atoms with E-state index in [1.807, 2.05) is 0 Å². The standard InChI is InChI=1S/C28H35N3O/c1-22-9-11-23(12-10-22)20-31-26(19-25-7-3-4-8-27(25)31)21-29-17-13-24(14-18-29)28(32)30-15-5-2-6-16-30/h3-4,7-12,19,24H,2,5-6,13-18,20-21H2,1H3. The van der Waals surface area contributed by atoms with E-state index in [0.29, 0.717) is 5.91 Å². The van der Waals surface area contributed by atoms with E-state index in [1.165, 1.54) is 47.0 Å². The SMILES string of the molecule is Cc1ccc(Cn2c(CN3CCC(C(=O)N4CCCCC4)CC3)cc3ccccc32)cc1. The molecular weight excluding hydrogens is 394 g/mol. The summed E-state index contributed by atoms with van der Waals surface area (Å²) in [5.41, 5.74) is 5.31. The van der Waals surface area contributed by atoms with Crippen molar-refractivity contribution in [2.45, 2.75) is 52.1 Å². The van der Waals surface area contributed by atoms with Gasteiger partial charge in [0.2, 0.25) is 5.91 Å². The molecule has 0 atom stereocenters. The molecule has 2 saturated heterocycles. The zero-order valence-electron chi connectivity index (χ0n) is 19.3. The first-order chi connectivity index (χ1) is 15.7. The second-order valence-corrected chi connectivity index (χ2v) is 9.70. The molecule has 1 amide bonds. The Morgan fingerprint density at radius 3 is 2.34 bits per heavy atom. The van der Waals surface area contributed by atoms with Gasteiger partial charge < -0.3 is 9.47 Å². The fourth-order valence-electron chi connectivity index (χ4n) is 5.40. The molecule has 1 aromatic heterocycles. The van der Waals surface area contributed by atoms with Gasteiger partial charge >= 0.3 is 0 Å². The number of benzene rings is 2. The summed E-state index contributed by atoms with van der Waals surface area (Å²) in [5, 5.41) is 1.31. The van der Waals surface area contributed by atoms with E-state index >= 15 is 0 Å². The zero-order chi connectivity index (χ0) is 21.9. The first-order valence-electron chi connectivity index (χ1n) is 12.3. The fraction of sp³-hybridized carbons (Fsp3) is 0.464. The minimum atomic E-state index is 0.225. The summed E-state index contributed by atoms with van der Waals surface area (Å²) < 4.78 is 2.48. The van der Waals surface area contributed by atoms with Crippen molar-refractivity contribution in [3.63, 3.8) is 0 Å². The van der Waals surface area contributed by atoms with Crippen molar-refractivity contribution in [3.8, 4) is 0 Å². The first kappa shape index (κ1) is 21.3. The molecule has 2 aromatic carbocycles. The van der Waals surface area contributed by atoms with Gasteiger partial charge in [0.1, 0.15) is 0 Å². The van der Waals surface area contributed by atoms with Gasteiger partial charge in [0.15, 0.2) is 0 Å². The molecule has 4 heteroatoms. The van der Waals surface area contributed by atoms with Crippen LogP contribution in [-0.4, -0.2) is 46.5 Å². The molecule has 2 fully saturated rings. The Hall–Kier alpha value is -2.59. The molecular formula is C28H35N3O. The highest BCUT2D eigenvalue weighted by Crippen LogP contribution is 2.26. The number of likely N-dealkylation sites (tertiary alicyclic amines) is 2. The van der Waals surface area contributed by atoms with Crippen LogP contribution in [0.1, 0.15) is 48.9 Å². The van der Waals surface area contributed by atoms with Crippen molar-refractivity contribution in [2.24, 2.45) is 5.92 Å². The van der Waals surface area contributed by atoms with Gasteiger partial charge in [-0.25, -0.2) is 0 Å². The third kappa shape index (κ3) is 4.61. The molecule has 0 bridgehead atoms. The summed E-state index contributed by atoms with van der Waals surface area (Å²) in [7, 11) is 0. The summed E-state index contributed by atoms with van der Waals surface area (Å²) in [4.78, 5) is 17.6. The maximum Gasteiger partial charge on any atom is 0.225 e. The van der Waals surface area contributed by atoms with Crippen LogP contribution >= 0.6 is 0 Å². The molecule has 3 aromatic rings. The lowest BCUT2D eigenvalue weighted by atomic mass is 9.94. The van der Waals surface area contributed by atoms with E-state index < -0.39 is 0 Å². The van der Waals surface area contributed by atoms with E-state index in [9.17, 15) is 4.79 Å². The normalized spacial score (nSPS) is 18.3. The number of aromatic nitrogens is 1. The average molecular weight is 430 g/mol. The van der Waals surface area contributed by atoms with Gasteiger partial charge in [0.25, 0.3) is 0 Å². The predicted molar refractivity (Wildman–Crippen MR) is 131 cm³/mol. The van der Waals surface area contributed by atoms with Crippen LogP contribution in [-0.2, 0) is 17.9 Å². The summed E-state index contributed by atoms with van der Waals surface area (Å²) in [6.07, 6.45) is 5.62. The van der Waals surface area contributed by atoms with Crippen LogP contribution < -0.4 is 0 Å². The second kappa shape index (κ2) is 9.50. The molecule has 0 unspecified atom stereocenters. The zero-order valence-corrected chi connectivity index (χ0v) is 19.3. The highest BCUT2D eigenvalue weighted by molar-refractivity contribution is 5.81. The Morgan fingerprint density at radius 1 is 0.875 bits per heavy atom. The molecule has 5 rings (SSSR count). The van der Waals surface area contributed by atoms with Crippen molar-refractivity contribution in [1.82, 2.24) is 14.4 Å².